The molecule has 1 atom stereocenters. The molecule has 0 spiro atoms. The zero-order chi connectivity index (χ0) is 18.8. The largest absolute Gasteiger partial charge is 0.444 e. The van der Waals surface area contributed by atoms with E-state index in [4.69, 9.17) is 4.74 Å². The molecule has 1 rings (SSSR count). The third-order valence-corrected chi connectivity index (χ3v) is 3.60. The molecule has 0 heterocycles. The van der Waals surface area contributed by atoms with Crippen LogP contribution in [0.3, 0.4) is 0 Å². The van der Waals surface area contributed by atoms with E-state index in [2.05, 4.69) is 5.32 Å². The van der Waals surface area contributed by atoms with Crippen molar-refractivity contribution in [2.75, 3.05) is 0 Å². The van der Waals surface area contributed by atoms with Gasteiger partial charge >= 0.3 is 12.0 Å². The number of alkyl halides is 2. The molecule has 0 aliphatic carbocycles. The van der Waals surface area contributed by atoms with Gasteiger partial charge in [0.2, 0.25) is 0 Å². The number of alkyl carbamates (subject to hydrolysis) is 1. The fraction of sp³-hybridized carbons (Fsp3) is 0.588. The number of amides is 1. The van der Waals surface area contributed by atoms with Crippen molar-refractivity contribution in [1.82, 2.24) is 5.32 Å². The van der Waals surface area contributed by atoms with Gasteiger partial charge in [-0.25, -0.2) is 9.18 Å². The van der Waals surface area contributed by atoms with Gasteiger partial charge in [0.05, 0.1) is 5.56 Å². The molecule has 0 fully saturated rings. The molecule has 24 heavy (non-hydrogen) atoms. The van der Waals surface area contributed by atoms with E-state index in [1.54, 1.807) is 20.8 Å². The molecular formula is C17H24F3NO3. The van der Waals surface area contributed by atoms with Crippen molar-refractivity contribution >= 4 is 6.09 Å². The minimum Gasteiger partial charge on any atom is -0.444 e. The summed E-state index contributed by atoms with van der Waals surface area (Å²) in [6.07, 6.45) is -1.03. The summed E-state index contributed by atoms with van der Waals surface area (Å²) in [7, 11) is 0. The molecule has 0 radical (unpaired) electrons. The Balaban J connectivity index is 3.00. The number of rotatable bonds is 5. The van der Waals surface area contributed by atoms with Crippen LogP contribution in [0.15, 0.2) is 18.2 Å². The molecule has 136 valence electrons. The van der Waals surface area contributed by atoms with Gasteiger partial charge in [-0.15, -0.1) is 0 Å². The second-order valence-corrected chi connectivity index (χ2v) is 6.84. The maximum absolute atomic E-state index is 14.4. The highest BCUT2D eigenvalue weighted by Crippen LogP contribution is 2.42. The lowest BCUT2D eigenvalue weighted by Crippen LogP contribution is -2.43. The number of nitrogens with one attached hydrogen (secondary N) is 1. The van der Waals surface area contributed by atoms with Gasteiger partial charge in [-0.2, -0.15) is 8.78 Å². The summed E-state index contributed by atoms with van der Waals surface area (Å²) in [5.74, 6) is -4.93. The molecule has 1 amide bonds. The number of hydrogen-bond acceptors (Lipinski definition) is 3. The summed E-state index contributed by atoms with van der Waals surface area (Å²) < 4.78 is 48.2. The zero-order valence-corrected chi connectivity index (χ0v) is 14.5. The molecule has 0 aliphatic rings. The van der Waals surface area contributed by atoms with Crippen LogP contribution in [0.25, 0.3) is 0 Å². The molecule has 2 N–H and O–H groups in total. The average Bonchev–Trinajstić information content (AvgIpc) is 2.43. The van der Waals surface area contributed by atoms with Gasteiger partial charge in [0.1, 0.15) is 17.0 Å². The van der Waals surface area contributed by atoms with Crippen LogP contribution in [-0.2, 0) is 17.2 Å². The molecule has 7 heteroatoms. The number of carbonyl (C=O) groups excluding carboxylic acids is 1. The second kappa shape index (κ2) is 7.01. The van der Waals surface area contributed by atoms with Crippen molar-refractivity contribution in [2.45, 2.75) is 64.7 Å². The number of benzene rings is 1. The van der Waals surface area contributed by atoms with Gasteiger partial charge in [0, 0.05) is 12.1 Å². The summed E-state index contributed by atoms with van der Waals surface area (Å²) in [6, 6.07) is 3.47. The first-order valence-electron chi connectivity index (χ1n) is 7.66. The van der Waals surface area contributed by atoms with Crippen LogP contribution in [0.1, 0.15) is 52.2 Å². The minimum absolute atomic E-state index is 0.120. The lowest BCUT2D eigenvalue weighted by Gasteiger charge is -2.32. The van der Waals surface area contributed by atoms with Crippen molar-refractivity contribution in [3.05, 3.63) is 35.1 Å². The monoisotopic (exact) mass is 347 g/mol. The Morgan fingerprint density at radius 1 is 1.25 bits per heavy atom. The fourth-order valence-corrected chi connectivity index (χ4v) is 1.95. The molecule has 0 aliphatic heterocycles. The lowest BCUT2D eigenvalue weighted by atomic mass is 9.88. The number of aliphatic hydroxyl groups is 1. The highest BCUT2D eigenvalue weighted by atomic mass is 19.3. The van der Waals surface area contributed by atoms with Crippen molar-refractivity contribution < 1.29 is 27.8 Å². The Hall–Kier alpha value is -1.76. The van der Waals surface area contributed by atoms with Crippen molar-refractivity contribution in [3.8, 4) is 0 Å². The number of carbonyl (C=O) groups is 1. The maximum Gasteiger partial charge on any atom is 0.407 e. The standard InChI is InChI=1S/C17H24F3NO3/c1-6-16(5,23)17(19,20)12-9-7-8-11(13(12)18)10-21-14(22)24-15(2,3)4/h7-9,23H,6,10H2,1-5H3,(H,21,22). The molecule has 0 bridgehead atoms. The maximum atomic E-state index is 14.4. The molecular weight excluding hydrogens is 323 g/mol. The van der Waals surface area contributed by atoms with Crippen LogP contribution in [0.4, 0.5) is 18.0 Å². The quantitative estimate of drug-likeness (QED) is 0.843. The first kappa shape index (κ1) is 20.3. The lowest BCUT2D eigenvalue weighted by molar-refractivity contribution is -0.181. The predicted molar refractivity (Wildman–Crippen MR) is 84.3 cm³/mol. The second-order valence-electron chi connectivity index (χ2n) is 6.84. The number of hydrogen-bond donors (Lipinski definition) is 2. The Morgan fingerprint density at radius 3 is 2.33 bits per heavy atom. The van der Waals surface area contributed by atoms with Crippen molar-refractivity contribution in [3.63, 3.8) is 0 Å². The van der Waals surface area contributed by atoms with E-state index >= 15 is 0 Å². The fourth-order valence-electron chi connectivity index (χ4n) is 1.95. The van der Waals surface area contributed by atoms with E-state index in [0.29, 0.717) is 0 Å². The smallest absolute Gasteiger partial charge is 0.407 e. The minimum atomic E-state index is -3.77. The summed E-state index contributed by atoms with van der Waals surface area (Å²) in [5.41, 5.74) is -4.13. The van der Waals surface area contributed by atoms with Crippen LogP contribution in [0.5, 0.6) is 0 Å². The van der Waals surface area contributed by atoms with E-state index in [0.717, 1.165) is 13.0 Å². The van der Waals surface area contributed by atoms with Crippen LogP contribution in [-0.4, -0.2) is 22.4 Å². The summed E-state index contributed by atoms with van der Waals surface area (Å²) in [6.45, 7) is 7.04. The van der Waals surface area contributed by atoms with Gasteiger partial charge in [-0.1, -0.05) is 19.1 Å². The molecule has 1 aromatic carbocycles. The SMILES string of the molecule is CCC(C)(O)C(F)(F)c1cccc(CNC(=O)OC(C)(C)C)c1F. The van der Waals surface area contributed by atoms with E-state index < -0.39 is 34.6 Å². The highest BCUT2D eigenvalue weighted by molar-refractivity contribution is 5.67. The van der Waals surface area contributed by atoms with Crippen LogP contribution >= 0.6 is 0 Å². The Labute approximate surface area is 140 Å². The molecule has 0 saturated heterocycles. The van der Waals surface area contributed by atoms with Crippen molar-refractivity contribution in [2.24, 2.45) is 0 Å². The number of ether oxygens (including phenoxy) is 1. The average molecular weight is 347 g/mol. The van der Waals surface area contributed by atoms with E-state index in [9.17, 15) is 23.1 Å². The topological polar surface area (TPSA) is 58.6 Å². The molecule has 0 aromatic heterocycles. The first-order chi connectivity index (χ1) is 10.8. The highest BCUT2D eigenvalue weighted by Gasteiger charge is 2.50. The zero-order valence-electron chi connectivity index (χ0n) is 14.5. The van der Waals surface area contributed by atoms with Crippen LogP contribution in [0, 0.1) is 5.82 Å². The normalized spacial score (nSPS) is 14.9. The Kier molecular flexibility index (Phi) is 5.92. The molecule has 4 nitrogen and oxygen atoms in total. The first-order valence-corrected chi connectivity index (χ1v) is 7.66. The summed E-state index contributed by atoms with van der Waals surface area (Å²) in [5, 5.41) is 12.2. The third-order valence-electron chi connectivity index (χ3n) is 3.60. The van der Waals surface area contributed by atoms with Gasteiger partial charge in [0.25, 0.3) is 0 Å². The van der Waals surface area contributed by atoms with Gasteiger partial charge < -0.3 is 15.2 Å². The molecule has 0 saturated carbocycles. The summed E-state index contributed by atoms with van der Waals surface area (Å²) >= 11 is 0. The molecule has 1 unspecified atom stereocenters. The summed E-state index contributed by atoms with van der Waals surface area (Å²) in [4.78, 5) is 11.6. The van der Waals surface area contributed by atoms with Crippen LogP contribution in [0.2, 0.25) is 0 Å². The molecule has 1 aromatic rings. The van der Waals surface area contributed by atoms with Gasteiger partial charge in [0.15, 0.2) is 0 Å². The third kappa shape index (κ3) is 4.63. The van der Waals surface area contributed by atoms with E-state index in [1.165, 1.54) is 19.1 Å². The Morgan fingerprint density at radius 2 is 1.83 bits per heavy atom. The predicted octanol–water partition coefficient (Wildman–Crippen LogP) is 4.10. The van der Waals surface area contributed by atoms with E-state index in [1.807, 2.05) is 0 Å². The van der Waals surface area contributed by atoms with Crippen molar-refractivity contribution in [1.29, 1.82) is 0 Å². The number of halogens is 3. The Bertz CT molecular complexity index is 595. The van der Waals surface area contributed by atoms with Gasteiger partial charge in [-0.3, -0.25) is 0 Å². The van der Waals surface area contributed by atoms with Crippen LogP contribution < -0.4 is 5.32 Å². The van der Waals surface area contributed by atoms with E-state index in [-0.39, 0.29) is 18.5 Å². The van der Waals surface area contributed by atoms with Gasteiger partial charge in [-0.05, 0) is 40.2 Å².